The molecule has 1 unspecified atom stereocenters. The molecule has 5 heteroatoms. The van der Waals surface area contributed by atoms with Gasteiger partial charge in [-0.15, -0.1) is 0 Å². The highest BCUT2D eigenvalue weighted by Crippen LogP contribution is 2.33. The second-order valence-corrected chi connectivity index (χ2v) is 5.48. The van der Waals surface area contributed by atoms with Gasteiger partial charge < -0.3 is 5.11 Å². The van der Waals surface area contributed by atoms with Crippen molar-refractivity contribution >= 4 is 32.4 Å². The molecule has 0 bridgehead atoms. The van der Waals surface area contributed by atoms with E-state index in [2.05, 4.69) is 20.9 Å². The first-order valence-electron chi connectivity index (χ1n) is 3.44. The van der Waals surface area contributed by atoms with Gasteiger partial charge in [0.25, 0.3) is 0 Å². The third-order valence-corrected chi connectivity index (χ3v) is 5.06. The van der Waals surface area contributed by atoms with E-state index in [1.165, 1.54) is 0 Å². The lowest BCUT2D eigenvalue weighted by Crippen LogP contribution is -1.99. The van der Waals surface area contributed by atoms with Crippen molar-refractivity contribution in [2.45, 2.75) is 13.3 Å². The second kappa shape index (κ2) is 3.53. The average Bonchev–Trinajstić information content (AvgIpc) is 2.29. The van der Waals surface area contributed by atoms with Gasteiger partial charge in [0.05, 0.1) is 0 Å². The third-order valence-electron chi connectivity index (χ3n) is 1.61. The Morgan fingerprint density at radius 2 is 2.33 bits per heavy atom. The zero-order valence-electron chi connectivity index (χ0n) is 6.80. The summed E-state index contributed by atoms with van der Waals surface area (Å²) in [5.74, 6) is -0.930. The Hall–Kier alpha value is -0.420. The molecule has 12 heavy (non-hydrogen) atoms. The van der Waals surface area contributed by atoms with Crippen LogP contribution in [0, 0.1) is 0 Å². The fourth-order valence-electron chi connectivity index (χ4n) is 1.02. The van der Waals surface area contributed by atoms with Crippen LogP contribution in [0.5, 0.6) is 0 Å². The Kier molecular flexibility index (Phi) is 2.85. The summed E-state index contributed by atoms with van der Waals surface area (Å²) in [6, 6.07) is 0. The third kappa shape index (κ3) is 1.51. The Morgan fingerprint density at radius 3 is 2.67 bits per heavy atom. The average molecular weight is 251 g/mol. The van der Waals surface area contributed by atoms with Crippen LogP contribution in [-0.4, -0.2) is 16.1 Å². The van der Waals surface area contributed by atoms with Crippen LogP contribution in [-0.2, 0) is 12.7 Å². The molecule has 0 saturated heterocycles. The highest BCUT2D eigenvalue weighted by atomic mass is 79.9. The number of carboxylic acid groups (broad SMARTS) is 1. The van der Waals surface area contributed by atoms with Crippen LogP contribution < -0.4 is 0 Å². The van der Waals surface area contributed by atoms with E-state index >= 15 is 0 Å². The van der Waals surface area contributed by atoms with E-state index in [4.69, 9.17) is 5.11 Å². The van der Waals surface area contributed by atoms with Gasteiger partial charge in [-0.25, -0.2) is 4.79 Å². The van der Waals surface area contributed by atoms with Crippen LogP contribution in [0.1, 0.15) is 22.3 Å². The number of rotatable bonds is 2. The summed E-state index contributed by atoms with van der Waals surface area (Å²) in [6.07, 6.45) is 2.72. The molecule has 0 aliphatic heterocycles. The summed E-state index contributed by atoms with van der Waals surface area (Å²) in [7, 11) is -0.141. The van der Waals surface area contributed by atoms with E-state index in [0.717, 1.165) is 15.2 Å². The van der Waals surface area contributed by atoms with E-state index in [9.17, 15) is 4.79 Å². The van der Waals surface area contributed by atoms with Gasteiger partial charge >= 0.3 is 9.89 Å². The summed E-state index contributed by atoms with van der Waals surface area (Å²) in [5, 5.41) is 8.77. The summed E-state index contributed by atoms with van der Waals surface area (Å²) in [5.41, 5.74) is 0.218. The molecule has 1 aromatic rings. The van der Waals surface area contributed by atoms with Gasteiger partial charge in [0.15, 0.2) is 4.88 Å². The topological polar surface area (TPSA) is 50.2 Å². The van der Waals surface area contributed by atoms with Gasteiger partial charge in [0, 0.05) is 32.8 Å². The molecule has 0 spiro atoms. The molecule has 0 aliphatic carbocycles. The van der Waals surface area contributed by atoms with Crippen LogP contribution in [0.2, 0.25) is 0 Å². The Labute approximate surface area is 81.5 Å². The first-order chi connectivity index (χ1) is 5.57. The quantitative estimate of drug-likeness (QED) is 0.821. The minimum absolute atomic E-state index is 0.141. The van der Waals surface area contributed by atoms with Crippen molar-refractivity contribution in [1.82, 2.24) is 4.98 Å². The highest BCUT2D eigenvalue weighted by molar-refractivity contribution is 9.11. The van der Waals surface area contributed by atoms with E-state index in [0.29, 0.717) is 0 Å². The molecule has 0 amide bonds. The minimum Gasteiger partial charge on any atom is -0.476 e. The molecule has 0 aromatic carbocycles. The van der Waals surface area contributed by atoms with Crippen LogP contribution in [0.15, 0.2) is 3.92 Å². The number of aromatic carboxylic acids is 1. The lowest BCUT2D eigenvalue weighted by Gasteiger charge is -1.86. The zero-order chi connectivity index (χ0) is 9.30. The smallest absolute Gasteiger partial charge is 0.360 e. The molecule has 1 atom stereocenters. The first kappa shape index (κ1) is 9.67. The van der Waals surface area contributed by atoms with Gasteiger partial charge in [-0.2, -0.15) is 4.98 Å². The SMILES string of the molecule is CCc1c(C(=O)O)nc(Br)[s+]1C. The number of hydrogen-bond donors (Lipinski definition) is 1. The van der Waals surface area contributed by atoms with Gasteiger partial charge in [-0.05, 0) is 0 Å². The van der Waals surface area contributed by atoms with E-state index in [1.807, 2.05) is 13.2 Å². The monoisotopic (exact) mass is 250 g/mol. The molecule has 0 radical (unpaired) electrons. The van der Waals surface area contributed by atoms with Gasteiger partial charge in [0.2, 0.25) is 5.69 Å². The maximum Gasteiger partial charge on any atom is 0.360 e. The molecule has 1 aromatic heterocycles. The lowest BCUT2D eigenvalue weighted by atomic mass is 10.3. The van der Waals surface area contributed by atoms with E-state index in [1.54, 1.807) is 0 Å². The van der Waals surface area contributed by atoms with Crippen molar-refractivity contribution in [3.8, 4) is 0 Å². The van der Waals surface area contributed by atoms with Gasteiger partial charge in [-0.1, -0.05) is 6.92 Å². The zero-order valence-corrected chi connectivity index (χ0v) is 9.20. The van der Waals surface area contributed by atoms with Crippen molar-refractivity contribution < 1.29 is 9.90 Å². The molecule has 1 rings (SSSR count). The number of thiazole rings is 1. The maximum atomic E-state index is 10.7. The largest absolute Gasteiger partial charge is 0.476 e. The Balaban J connectivity index is 3.29. The summed E-state index contributed by atoms with van der Waals surface area (Å²) < 4.78 is 0.747. The fraction of sp³-hybridized carbons (Fsp3) is 0.429. The normalized spacial score (nSPS) is 11.8. The molecule has 3 nitrogen and oxygen atoms in total. The standard InChI is InChI=1S/C7H8BrNO2S/c1-3-4-5(6(10)11)9-7(8)12(4)2/h3H2,1-2H3/p+1. The molecule has 1 N–H and O–H groups in total. The van der Waals surface area contributed by atoms with Crippen molar-refractivity contribution in [3.63, 3.8) is 0 Å². The number of halogens is 1. The van der Waals surface area contributed by atoms with Crippen LogP contribution in [0.25, 0.3) is 0 Å². The van der Waals surface area contributed by atoms with Gasteiger partial charge in [-0.3, -0.25) is 0 Å². The lowest BCUT2D eigenvalue weighted by molar-refractivity contribution is 0.0690. The molecular formula is C7H9BrNO2S+. The predicted molar refractivity (Wildman–Crippen MR) is 51.7 cm³/mol. The van der Waals surface area contributed by atoms with Crippen molar-refractivity contribution in [1.29, 1.82) is 0 Å². The van der Waals surface area contributed by atoms with Crippen LogP contribution in [0.4, 0.5) is 0 Å². The van der Waals surface area contributed by atoms with Crippen molar-refractivity contribution in [2.75, 3.05) is 0 Å². The van der Waals surface area contributed by atoms with Crippen LogP contribution >= 0.6 is 26.4 Å². The molecule has 66 valence electrons. The van der Waals surface area contributed by atoms with Crippen molar-refractivity contribution in [3.05, 3.63) is 14.5 Å². The number of carboxylic acids is 1. The Bertz CT molecular complexity index is 321. The minimum atomic E-state index is -0.930. The number of nitrogens with zero attached hydrogens (tertiary/aromatic N) is 1. The molecular weight excluding hydrogens is 242 g/mol. The number of carbonyl (C=O) groups is 1. The van der Waals surface area contributed by atoms with E-state index in [-0.39, 0.29) is 16.2 Å². The maximum absolute atomic E-state index is 10.7. The summed E-state index contributed by atoms with van der Waals surface area (Å²) >= 11 is 3.25. The molecule has 0 fully saturated rings. The number of aromatic nitrogens is 1. The summed E-state index contributed by atoms with van der Waals surface area (Å²) in [6.45, 7) is 1.95. The molecule has 0 aliphatic rings. The molecule has 1 heterocycles. The van der Waals surface area contributed by atoms with Crippen LogP contribution in [0.3, 0.4) is 0 Å². The highest BCUT2D eigenvalue weighted by Gasteiger charge is 2.26. The van der Waals surface area contributed by atoms with Crippen molar-refractivity contribution in [2.24, 2.45) is 6.26 Å². The summed E-state index contributed by atoms with van der Waals surface area (Å²) in [4.78, 5) is 15.6. The van der Waals surface area contributed by atoms with Gasteiger partial charge in [0.1, 0.15) is 6.26 Å². The van der Waals surface area contributed by atoms with E-state index < -0.39 is 5.97 Å². The second-order valence-electron chi connectivity index (χ2n) is 2.31. The first-order valence-corrected chi connectivity index (χ1v) is 5.87. The fourth-order valence-corrected chi connectivity index (χ4v) is 3.07. The predicted octanol–water partition coefficient (Wildman–Crippen LogP) is 2.39. The number of hydrogen-bond acceptors (Lipinski definition) is 2. The molecule has 0 saturated carbocycles. The Morgan fingerprint density at radius 1 is 1.75 bits per heavy atom.